The standard InChI is InChI=1S/C26H29N5O7/c1-37-26(36)19-6-3-11-31(19)24(34)16-4-2-5-18(14-16)30-12-13-38-21(25(30)35)20(32)23(33)29-17-9-7-15(8-10-17)22(27)28/h2,4-5,7-10,14,19-21,32H,3,6,11-13H2,1H3,(H3,27,28)(H,29,33). The Morgan fingerprint density at radius 2 is 1.89 bits per heavy atom. The number of anilines is 2. The third kappa shape index (κ3) is 5.50. The van der Waals surface area contributed by atoms with Gasteiger partial charge in [0.1, 0.15) is 11.9 Å². The van der Waals surface area contributed by atoms with Crippen LogP contribution in [0.2, 0.25) is 0 Å². The van der Waals surface area contributed by atoms with E-state index in [1.165, 1.54) is 47.2 Å². The summed E-state index contributed by atoms with van der Waals surface area (Å²) in [7, 11) is 1.28. The number of nitrogen functional groups attached to an aromatic ring is 1. The van der Waals surface area contributed by atoms with E-state index >= 15 is 0 Å². The van der Waals surface area contributed by atoms with Crippen LogP contribution in [0.5, 0.6) is 0 Å². The van der Waals surface area contributed by atoms with Crippen molar-refractivity contribution in [3.8, 4) is 0 Å². The molecule has 12 nitrogen and oxygen atoms in total. The van der Waals surface area contributed by atoms with E-state index in [0.29, 0.717) is 41.9 Å². The average molecular weight is 524 g/mol. The van der Waals surface area contributed by atoms with E-state index < -0.39 is 36.0 Å². The highest BCUT2D eigenvalue weighted by molar-refractivity contribution is 6.05. The number of nitrogens with one attached hydrogen (secondary N) is 2. The van der Waals surface area contributed by atoms with Gasteiger partial charge in [0, 0.05) is 35.6 Å². The van der Waals surface area contributed by atoms with Crippen LogP contribution in [0.15, 0.2) is 48.5 Å². The molecule has 0 radical (unpaired) electrons. The quantitative estimate of drug-likeness (QED) is 0.230. The van der Waals surface area contributed by atoms with E-state index in [2.05, 4.69) is 5.32 Å². The van der Waals surface area contributed by atoms with Gasteiger partial charge in [-0.05, 0) is 55.3 Å². The summed E-state index contributed by atoms with van der Waals surface area (Å²) in [6, 6.07) is 11.9. The van der Waals surface area contributed by atoms with Gasteiger partial charge in [-0.15, -0.1) is 0 Å². The molecule has 2 aromatic carbocycles. The molecular formula is C26H29N5O7. The molecule has 2 saturated heterocycles. The molecule has 3 amide bonds. The SMILES string of the molecule is COC(=O)C1CCCN1C(=O)c1cccc(N2CCOC(C(O)C(=O)Nc3ccc(C(=N)N)cc3)C2=O)c1. The average Bonchev–Trinajstić information content (AvgIpc) is 3.42. The number of carbonyl (C=O) groups is 4. The number of hydrogen-bond donors (Lipinski definition) is 4. The second-order valence-electron chi connectivity index (χ2n) is 8.94. The van der Waals surface area contributed by atoms with Crippen molar-refractivity contribution < 1.29 is 33.8 Å². The minimum absolute atomic E-state index is 0.0583. The Balaban J connectivity index is 1.46. The van der Waals surface area contributed by atoms with Crippen molar-refractivity contribution in [2.24, 2.45) is 5.73 Å². The topological polar surface area (TPSA) is 175 Å². The molecule has 0 bridgehead atoms. The van der Waals surface area contributed by atoms with E-state index in [9.17, 15) is 24.3 Å². The Labute approximate surface area is 218 Å². The number of carbonyl (C=O) groups excluding carboxylic acids is 4. The monoisotopic (exact) mass is 523 g/mol. The minimum atomic E-state index is -1.80. The lowest BCUT2D eigenvalue weighted by Gasteiger charge is -2.34. The van der Waals surface area contributed by atoms with Crippen molar-refractivity contribution in [1.82, 2.24) is 4.90 Å². The summed E-state index contributed by atoms with van der Waals surface area (Å²) in [6.45, 7) is 0.630. The highest BCUT2D eigenvalue weighted by atomic mass is 16.5. The zero-order valence-electron chi connectivity index (χ0n) is 20.8. The predicted molar refractivity (Wildman–Crippen MR) is 137 cm³/mol. The zero-order chi connectivity index (χ0) is 27.4. The van der Waals surface area contributed by atoms with Gasteiger partial charge < -0.3 is 35.4 Å². The fourth-order valence-corrected chi connectivity index (χ4v) is 4.54. The number of aliphatic hydroxyl groups excluding tert-OH is 1. The van der Waals surface area contributed by atoms with E-state index in [-0.39, 0.29) is 24.9 Å². The fraction of sp³-hybridized carbons (Fsp3) is 0.346. The van der Waals surface area contributed by atoms with Gasteiger partial charge in [-0.3, -0.25) is 19.8 Å². The van der Waals surface area contributed by atoms with Crippen LogP contribution in [0, 0.1) is 5.41 Å². The van der Waals surface area contributed by atoms with E-state index in [0.717, 1.165) is 0 Å². The molecular weight excluding hydrogens is 494 g/mol. The number of morpholine rings is 1. The van der Waals surface area contributed by atoms with Crippen molar-refractivity contribution in [3.63, 3.8) is 0 Å². The first kappa shape index (κ1) is 26.8. The molecule has 2 aliphatic heterocycles. The van der Waals surface area contributed by atoms with Crippen LogP contribution in [-0.2, 0) is 23.9 Å². The number of aliphatic hydroxyl groups is 1. The lowest BCUT2D eigenvalue weighted by molar-refractivity contribution is -0.150. The number of amides is 3. The van der Waals surface area contributed by atoms with Gasteiger partial charge >= 0.3 is 5.97 Å². The van der Waals surface area contributed by atoms with Gasteiger partial charge in [-0.1, -0.05) is 6.07 Å². The predicted octanol–water partition coefficient (Wildman–Crippen LogP) is 0.480. The number of amidine groups is 1. The van der Waals surface area contributed by atoms with E-state index in [1.807, 2.05) is 0 Å². The molecule has 5 N–H and O–H groups in total. The largest absolute Gasteiger partial charge is 0.467 e. The number of hydrogen-bond acceptors (Lipinski definition) is 8. The Kier molecular flexibility index (Phi) is 8.03. The molecule has 0 aromatic heterocycles. The van der Waals surface area contributed by atoms with Gasteiger partial charge in [0.05, 0.1) is 13.7 Å². The molecule has 0 saturated carbocycles. The van der Waals surface area contributed by atoms with Crippen LogP contribution in [0.25, 0.3) is 0 Å². The molecule has 0 spiro atoms. The fourth-order valence-electron chi connectivity index (χ4n) is 4.54. The Hall–Kier alpha value is -4.29. The first-order valence-corrected chi connectivity index (χ1v) is 12.1. The second kappa shape index (κ2) is 11.4. The van der Waals surface area contributed by atoms with Crippen LogP contribution in [0.1, 0.15) is 28.8 Å². The summed E-state index contributed by atoms with van der Waals surface area (Å²) in [6.07, 6.45) is -2.06. The summed E-state index contributed by atoms with van der Waals surface area (Å²) in [4.78, 5) is 53.9. The van der Waals surface area contributed by atoms with Crippen molar-refractivity contribution >= 4 is 40.9 Å². The Morgan fingerprint density at radius 3 is 2.58 bits per heavy atom. The molecule has 12 heteroatoms. The highest BCUT2D eigenvalue weighted by Gasteiger charge is 2.40. The van der Waals surface area contributed by atoms with Crippen LogP contribution >= 0.6 is 0 Å². The Bertz CT molecular complexity index is 1250. The van der Waals surface area contributed by atoms with Crippen molar-refractivity contribution in [3.05, 3.63) is 59.7 Å². The van der Waals surface area contributed by atoms with Crippen molar-refractivity contribution in [1.29, 1.82) is 5.41 Å². The van der Waals surface area contributed by atoms with E-state index in [4.69, 9.17) is 20.6 Å². The van der Waals surface area contributed by atoms with Crippen LogP contribution in [-0.4, -0.2) is 84.6 Å². The van der Waals surface area contributed by atoms with Gasteiger partial charge in [0.2, 0.25) is 0 Å². The van der Waals surface area contributed by atoms with Gasteiger partial charge in [-0.25, -0.2) is 4.79 Å². The van der Waals surface area contributed by atoms with Crippen molar-refractivity contribution in [2.45, 2.75) is 31.1 Å². The second-order valence-corrected chi connectivity index (χ2v) is 8.94. The normalized spacial score (nSPS) is 20.1. The maximum Gasteiger partial charge on any atom is 0.328 e. The van der Waals surface area contributed by atoms with E-state index in [1.54, 1.807) is 18.2 Å². The minimum Gasteiger partial charge on any atom is -0.467 e. The van der Waals surface area contributed by atoms with Gasteiger partial charge in [0.25, 0.3) is 17.7 Å². The molecule has 3 unspecified atom stereocenters. The number of nitrogens with two attached hydrogens (primary N) is 1. The summed E-state index contributed by atoms with van der Waals surface area (Å²) in [5, 5.41) is 20.6. The van der Waals surface area contributed by atoms with Gasteiger partial charge in [0.15, 0.2) is 12.2 Å². The number of likely N-dealkylation sites (tertiary alicyclic amines) is 1. The third-order valence-corrected chi connectivity index (χ3v) is 6.53. The molecule has 2 fully saturated rings. The summed E-state index contributed by atoms with van der Waals surface area (Å²) in [5.74, 6) is -2.43. The summed E-state index contributed by atoms with van der Waals surface area (Å²) >= 11 is 0. The molecule has 2 heterocycles. The maximum absolute atomic E-state index is 13.2. The third-order valence-electron chi connectivity index (χ3n) is 6.53. The number of nitrogens with zero attached hydrogens (tertiary/aromatic N) is 2. The number of ether oxygens (including phenoxy) is 2. The van der Waals surface area contributed by atoms with Crippen LogP contribution in [0.3, 0.4) is 0 Å². The van der Waals surface area contributed by atoms with Crippen LogP contribution < -0.4 is 16.0 Å². The maximum atomic E-state index is 13.2. The smallest absolute Gasteiger partial charge is 0.328 e. The lowest BCUT2D eigenvalue weighted by Crippen LogP contribution is -2.55. The first-order valence-electron chi connectivity index (χ1n) is 12.1. The number of esters is 1. The molecule has 4 rings (SSSR count). The van der Waals surface area contributed by atoms with Crippen molar-refractivity contribution in [2.75, 3.05) is 37.0 Å². The molecule has 0 aliphatic carbocycles. The molecule has 2 aliphatic rings. The zero-order valence-corrected chi connectivity index (χ0v) is 20.8. The molecule has 3 atom stereocenters. The molecule has 38 heavy (non-hydrogen) atoms. The van der Waals surface area contributed by atoms with Crippen LogP contribution in [0.4, 0.5) is 11.4 Å². The summed E-state index contributed by atoms with van der Waals surface area (Å²) in [5.41, 5.74) is 6.93. The molecule has 200 valence electrons. The first-order chi connectivity index (χ1) is 18.2. The molecule has 2 aromatic rings. The number of benzene rings is 2. The Morgan fingerprint density at radius 1 is 1.16 bits per heavy atom. The number of rotatable bonds is 7. The number of methoxy groups -OCH3 is 1. The van der Waals surface area contributed by atoms with Gasteiger partial charge in [-0.2, -0.15) is 0 Å². The highest BCUT2D eigenvalue weighted by Crippen LogP contribution is 2.25. The lowest BCUT2D eigenvalue weighted by atomic mass is 10.1. The summed E-state index contributed by atoms with van der Waals surface area (Å²) < 4.78 is 10.3.